The van der Waals surface area contributed by atoms with E-state index in [1.54, 1.807) is 6.92 Å². The first-order valence-electron chi connectivity index (χ1n) is 6.29. The first-order chi connectivity index (χ1) is 8.70. The van der Waals surface area contributed by atoms with E-state index in [0.717, 1.165) is 0 Å². The molecule has 0 aromatic heterocycles. The fourth-order valence-corrected chi connectivity index (χ4v) is 1.35. The van der Waals surface area contributed by atoms with Crippen LogP contribution in [0, 0.1) is 5.92 Å². The van der Waals surface area contributed by atoms with Crippen molar-refractivity contribution in [3.63, 3.8) is 0 Å². The van der Waals surface area contributed by atoms with Gasteiger partial charge < -0.3 is 21.5 Å². The summed E-state index contributed by atoms with van der Waals surface area (Å²) in [4.78, 5) is 34.3. The number of nitrogens with two attached hydrogens (primary N) is 1. The van der Waals surface area contributed by atoms with Crippen LogP contribution in [0.5, 0.6) is 0 Å². The van der Waals surface area contributed by atoms with Gasteiger partial charge >= 0.3 is 5.97 Å². The molecule has 0 aliphatic rings. The quantitative estimate of drug-likeness (QED) is 0.496. The zero-order valence-corrected chi connectivity index (χ0v) is 11.8. The molecular formula is C12H23N3O4. The summed E-state index contributed by atoms with van der Waals surface area (Å²) >= 11 is 0. The molecule has 0 radical (unpaired) electrons. The highest BCUT2D eigenvalue weighted by atomic mass is 16.4. The number of carboxylic acid groups (broad SMARTS) is 1. The van der Waals surface area contributed by atoms with Crippen LogP contribution in [0.4, 0.5) is 0 Å². The fourth-order valence-electron chi connectivity index (χ4n) is 1.35. The van der Waals surface area contributed by atoms with E-state index in [1.165, 1.54) is 13.8 Å². The van der Waals surface area contributed by atoms with Gasteiger partial charge in [-0.3, -0.25) is 14.4 Å². The van der Waals surface area contributed by atoms with Crippen molar-refractivity contribution in [2.45, 2.75) is 52.2 Å². The van der Waals surface area contributed by atoms with Gasteiger partial charge in [-0.05, 0) is 19.8 Å². The predicted octanol–water partition coefficient (Wildman–Crippen LogP) is -0.546. The zero-order valence-electron chi connectivity index (χ0n) is 11.8. The van der Waals surface area contributed by atoms with Crippen LogP contribution in [0.25, 0.3) is 0 Å². The van der Waals surface area contributed by atoms with Crippen molar-refractivity contribution in [3.8, 4) is 0 Å². The summed E-state index contributed by atoms with van der Waals surface area (Å²) in [7, 11) is 0. The molecule has 0 aromatic carbocycles. The van der Waals surface area contributed by atoms with Crippen molar-refractivity contribution in [1.29, 1.82) is 0 Å². The summed E-state index contributed by atoms with van der Waals surface area (Å²) in [5.74, 6) is -2.21. The van der Waals surface area contributed by atoms with Crippen molar-refractivity contribution < 1.29 is 19.5 Å². The monoisotopic (exact) mass is 273 g/mol. The Bertz CT molecular complexity index is 344. The molecular weight excluding hydrogens is 250 g/mol. The van der Waals surface area contributed by atoms with E-state index >= 15 is 0 Å². The Kier molecular flexibility index (Phi) is 7.06. The van der Waals surface area contributed by atoms with Gasteiger partial charge in [-0.1, -0.05) is 20.3 Å². The topological polar surface area (TPSA) is 122 Å². The highest BCUT2D eigenvalue weighted by Gasteiger charge is 2.28. The molecule has 4 atom stereocenters. The van der Waals surface area contributed by atoms with Crippen LogP contribution in [-0.2, 0) is 14.4 Å². The van der Waals surface area contributed by atoms with Crippen molar-refractivity contribution >= 4 is 17.8 Å². The second-order valence-electron chi connectivity index (χ2n) is 4.73. The number of rotatable bonds is 7. The first kappa shape index (κ1) is 17.4. The zero-order chi connectivity index (χ0) is 15.2. The Hall–Kier alpha value is -1.63. The summed E-state index contributed by atoms with van der Waals surface area (Å²) < 4.78 is 0. The molecule has 5 N–H and O–H groups in total. The van der Waals surface area contributed by atoms with Crippen LogP contribution in [0.3, 0.4) is 0 Å². The molecule has 2 amide bonds. The molecule has 110 valence electrons. The van der Waals surface area contributed by atoms with Crippen molar-refractivity contribution in [2.75, 3.05) is 0 Å². The number of amides is 2. The molecule has 19 heavy (non-hydrogen) atoms. The fraction of sp³-hybridized carbons (Fsp3) is 0.750. The molecule has 0 rings (SSSR count). The number of carbonyl (C=O) groups is 3. The van der Waals surface area contributed by atoms with Gasteiger partial charge in [0.05, 0.1) is 6.04 Å². The second-order valence-corrected chi connectivity index (χ2v) is 4.73. The molecule has 0 fully saturated rings. The predicted molar refractivity (Wildman–Crippen MR) is 70.3 cm³/mol. The van der Waals surface area contributed by atoms with Gasteiger partial charge in [0.1, 0.15) is 12.1 Å². The minimum Gasteiger partial charge on any atom is -0.480 e. The van der Waals surface area contributed by atoms with Crippen molar-refractivity contribution in [1.82, 2.24) is 10.6 Å². The summed E-state index contributed by atoms with van der Waals surface area (Å²) in [5, 5.41) is 13.6. The van der Waals surface area contributed by atoms with Crippen LogP contribution in [0.15, 0.2) is 0 Å². The van der Waals surface area contributed by atoms with Gasteiger partial charge in [-0.15, -0.1) is 0 Å². The molecule has 0 bridgehead atoms. The third-order valence-corrected chi connectivity index (χ3v) is 2.94. The van der Waals surface area contributed by atoms with Gasteiger partial charge in [0.2, 0.25) is 11.8 Å². The molecule has 0 unspecified atom stereocenters. The van der Waals surface area contributed by atoms with Gasteiger partial charge in [0.15, 0.2) is 0 Å². The molecule has 0 spiro atoms. The lowest BCUT2D eigenvalue weighted by Crippen LogP contribution is -2.55. The van der Waals surface area contributed by atoms with Crippen molar-refractivity contribution in [2.24, 2.45) is 11.7 Å². The highest BCUT2D eigenvalue weighted by molar-refractivity contribution is 5.91. The molecule has 0 aliphatic carbocycles. The lowest BCUT2D eigenvalue weighted by atomic mass is 9.97. The lowest BCUT2D eigenvalue weighted by molar-refractivity contribution is -0.142. The highest BCUT2D eigenvalue weighted by Crippen LogP contribution is 2.08. The van der Waals surface area contributed by atoms with Gasteiger partial charge in [0, 0.05) is 0 Å². The molecule has 0 heterocycles. The summed E-state index contributed by atoms with van der Waals surface area (Å²) in [5.41, 5.74) is 5.44. The molecule has 7 nitrogen and oxygen atoms in total. The minimum absolute atomic E-state index is 0.122. The second kappa shape index (κ2) is 7.73. The van der Waals surface area contributed by atoms with Crippen LogP contribution in [-0.4, -0.2) is 41.0 Å². The van der Waals surface area contributed by atoms with Crippen LogP contribution in [0.2, 0.25) is 0 Å². The lowest BCUT2D eigenvalue weighted by Gasteiger charge is -2.25. The average Bonchev–Trinajstić information content (AvgIpc) is 2.33. The largest absolute Gasteiger partial charge is 0.480 e. The van der Waals surface area contributed by atoms with Crippen LogP contribution >= 0.6 is 0 Å². The number of carbonyl (C=O) groups excluding carboxylic acids is 2. The maximum atomic E-state index is 12.0. The smallest absolute Gasteiger partial charge is 0.325 e. The van der Waals surface area contributed by atoms with E-state index in [2.05, 4.69) is 10.6 Å². The maximum absolute atomic E-state index is 12.0. The average molecular weight is 273 g/mol. The minimum atomic E-state index is -1.13. The van der Waals surface area contributed by atoms with E-state index in [9.17, 15) is 14.4 Å². The number of hydrogen-bond donors (Lipinski definition) is 4. The van der Waals surface area contributed by atoms with E-state index < -0.39 is 35.9 Å². The Morgan fingerprint density at radius 2 is 1.63 bits per heavy atom. The third-order valence-electron chi connectivity index (χ3n) is 2.94. The first-order valence-corrected chi connectivity index (χ1v) is 6.29. The summed E-state index contributed by atoms with van der Waals surface area (Å²) in [6, 6.07) is -2.52. The standard InChI is InChI=1S/C12H23N3O4/c1-5-6(2)9(15-10(16)7(3)13)11(17)14-8(4)12(18)19/h6-9H,5,13H2,1-4H3,(H,14,17)(H,15,16)(H,18,19)/t6-,7-,8-,9-/m0/s1. The maximum Gasteiger partial charge on any atom is 0.325 e. The van der Waals surface area contributed by atoms with Crippen LogP contribution < -0.4 is 16.4 Å². The Balaban J connectivity index is 4.80. The molecule has 0 saturated heterocycles. The Labute approximate surface area is 112 Å². The normalized spacial score (nSPS) is 16.9. The van der Waals surface area contributed by atoms with Gasteiger partial charge in [-0.2, -0.15) is 0 Å². The van der Waals surface area contributed by atoms with Gasteiger partial charge in [0.25, 0.3) is 0 Å². The SMILES string of the molecule is CC[C@H](C)[C@H](NC(=O)[C@H](C)N)C(=O)N[C@@H](C)C(=O)O. The van der Waals surface area contributed by atoms with E-state index in [-0.39, 0.29) is 5.92 Å². The van der Waals surface area contributed by atoms with E-state index in [0.29, 0.717) is 6.42 Å². The summed E-state index contributed by atoms with van der Waals surface area (Å²) in [6.45, 7) is 6.56. The molecule has 0 saturated carbocycles. The van der Waals surface area contributed by atoms with E-state index in [1.807, 2.05) is 6.92 Å². The summed E-state index contributed by atoms with van der Waals surface area (Å²) in [6.07, 6.45) is 0.665. The molecule has 0 aromatic rings. The van der Waals surface area contributed by atoms with Gasteiger partial charge in [-0.25, -0.2) is 0 Å². The van der Waals surface area contributed by atoms with Crippen LogP contribution in [0.1, 0.15) is 34.1 Å². The number of nitrogens with one attached hydrogen (secondary N) is 2. The van der Waals surface area contributed by atoms with E-state index in [4.69, 9.17) is 10.8 Å². The number of hydrogen-bond acceptors (Lipinski definition) is 4. The Morgan fingerprint density at radius 3 is 2.00 bits per heavy atom. The number of carboxylic acids is 1. The molecule has 0 aliphatic heterocycles. The molecule has 7 heteroatoms. The number of aliphatic carboxylic acids is 1. The Morgan fingerprint density at radius 1 is 1.11 bits per heavy atom. The third kappa shape index (κ3) is 5.69. The van der Waals surface area contributed by atoms with Crippen molar-refractivity contribution in [3.05, 3.63) is 0 Å².